The second-order valence-corrected chi connectivity index (χ2v) is 7.57. The molecule has 0 aliphatic carbocycles. The molecule has 0 bridgehead atoms. The minimum atomic E-state index is -3.58. The Bertz CT molecular complexity index is 633. The van der Waals surface area contributed by atoms with E-state index in [0.29, 0.717) is 12.5 Å². The van der Waals surface area contributed by atoms with Crippen molar-refractivity contribution in [2.24, 2.45) is 5.92 Å². The molecule has 22 heavy (non-hydrogen) atoms. The zero-order chi connectivity index (χ0) is 16.2. The zero-order valence-corrected chi connectivity index (χ0v) is 13.4. The van der Waals surface area contributed by atoms with Gasteiger partial charge in [-0.15, -0.1) is 0 Å². The highest BCUT2D eigenvalue weighted by molar-refractivity contribution is 7.88. The van der Waals surface area contributed by atoms with Gasteiger partial charge in [-0.3, -0.25) is 10.1 Å². The number of benzene rings is 1. The van der Waals surface area contributed by atoms with E-state index in [4.69, 9.17) is 0 Å². The fourth-order valence-corrected chi connectivity index (χ4v) is 4.00. The molecular formula is C14H21N3O4S. The first kappa shape index (κ1) is 16.9. The van der Waals surface area contributed by atoms with E-state index in [2.05, 4.69) is 9.62 Å². The number of hydrogen-bond acceptors (Lipinski definition) is 5. The third kappa shape index (κ3) is 4.75. The second-order valence-electron chi connectivity index (χ2n) is 5.76. The highest BCUT2D eigenvalue weighted by Crippen LogP contribution is 2.20. The summed E-state index contributed by atoms with van der Waals surface area (Å²) in [5.41, 5.74) is 0.0473. The van der Waals surface area contributed by atoms with Crippen LogP contribution >= 0.6 is 0 Å². The van der Waals surface area contributed by atoms with Crippen molar-refractivity contribution in [3.8, 4) is 0 Å². The van der Waals surface area contributed by atoms with Crippen molar-refractivity contribution in [1.82, 2.24) is 9.62 Å². The lowest BCUT2D eigenvalue weighted by Gasteiger charge is -2.29. The Kier molecular flexibility index (Phi) is 5.49. The molecule has 0 spiro atoms. The van der Waals surface area contributed by atoms with Gasteiger partial charge in [0.05, 0.1) is 10.7 Å². The number of piperidine rings is 1. The maximum Gasteiger partial charge on any atom is 0.273 e. The van der Waals surface area contributed by atoms with Crippen molar-refractivity contribution in [3.05, 3.63) is 39.9 Å². The van der Waals surface area contributed by atoms with Crippen LogP contribution in [0.2, 0.25) is 0 Å². The molecular weight excluding hydrogens is 306 g/mol. The Hall–Kier alpha value is -1.51. The molecule has 0 saturated carbocycles. The highest BCUT2D eigenvalue weighted by Gasteiger charge is 2.22. The highest BCUT2D eigenvalue weighted by atomic mass is 32.2. The lowest BCUT2D eigenvalue weighted by Crippen LogP contribution is -2.39. The third-order valence-electron chi connectivity index (χ3n) is 3.85. The van der Waals surface area contributed by atoms with Crippen LogP contribution in [0.25, 0.3) is 0 Å². The van der Waals surface area contributed by atoms with Crippen molar-refractivity contribution < 1.29 is 13.3 Å². The average Bonchev–Trinajstić information content (AvgIpc) is 2.45. The second kappa shape index (κ2) is 7.17. The van der Waals surface area contributed by atoms with E-state index < -0.39 is 14.9 Å². The Morgan fingerprint density at radius 2 is 2.14 bits per heavy atom. The molecule has 7 nitrogen and oxygen atoms in total. The maximum absolute atomic E-state index is 12.2. The average molecular weight is 327 g/mol. The first-order valence-corrected chi connectivity index (χ1v) is 8.91. The molecule has 1 aromatic rings. The Morgan fingerprint density at radius 1 is 1.41 bits per heavy atom. The minimum Gasteiger partial charge on any atom is -0.306 e. The van der Waals surface area contributed by atoms with Crippen molar-refractivity contribution in [3.63, 3.8) is 0 Å². The molecule has 1 N–H and O–H groups in total. The molecule has 8 heteroatoms. The first-order chi connectivity index (χ1) is 10.4. The van der Waals surface area contributed by atoms with E-state index in [9.17, 15) is 18.5 Å². The van der Waals surface area contributed by atoms with E-state index in [1.165, 1.54) is 18.2 Å². The predicted molar refractivity (Wildman–Crippen MR) is 83.9 cm³/mol. The molecule has 1 heterocycles. The monoisotopic (exact) mass is 327 g/mol. The third-order valence-corrected chi connectivity index (χ3v) is 5.15. The van der Waals surface area contributed by atoms with Crippen LogP contribution in [0.1, 0.15) is 18.4 Å². The van der Waals surface area contributed by atoms with E-state index >= 15 is 0 Å². The molecule has 1 fully saturated rings. The number of nitrogens with one attached hydrogen (secondary N) is 1. The summed E-state index contributed by atoms with van der Waals surface area (Å²) in [5.74, 6) is -0.0773. The van der Waals surface area contributed by atoms with Gasteiger partial charge in [0.25, 0.3) is 5.69 Å². The molecule has 0 radical (unpaired) electrons. The summed E-state index contributed by atoms with van der Waals surface area (Å²) in [6.07, 6.45) is 2.06. The van der Waals surface area contributed by atoms with E-state index in [0.717, 1.165) is 25.9 Å². The number of para-hydroxylation sites is 1. The fraction of sp³-hybridized carbons (Fsp3) is 0.571. The van der Waals surface area contributed by atoms with E-state index in [1.54, 1.807) is 6.07 Å². The predicted octanol–water partition coefficient (Wildman–Crippen LogP) is 1.36. The van der Waals surface area contributed by atoms with Crippen LogP contribution in [0.4, 0.5) is 5.69 Å². The number of rotatable bonds is 6. The van der Waals surface area contributed by atoms with E-state index in [1.807, 2.05) is 7.05 Å². The van der Waals surface area contributed by atoms with Crippen LogP contribution in [0.3, 0.4) is 0 Å². The van der Waals surface area contributed by atoms with Gasteiger partial charge in [0.15, 0.2) is 0 Å². The Labute approximate surface area is 130 Å². The molecule has 0 unspecified atom stereocenters. The van der Waals surface area contributed by atoms with Gasteiger partial charge < -0.3 is 4.90 Å². The molecule has 0 amide bonds. The van der Waals surface area contributed by atoms with Crippen LogP contribution < -0.4 is 4.72 Å². The lowest BCUT2D eigenvalue weighted by atomic mass is 9.99. The van der Waals surface area contributed by atoms with E-state index in [-0.39, 0.29) is 17.0 Å². The summed E-state index contributed by atoms with van der Waals surface area (Å²) in [6, 6.07) is 5.93. The molecule has 2 rings (SSSR count). The number of nitro groups is 1. The molecule has 122 valence electrons. The van der Waals surface area contributed by atoms with Gasteiger partial charge in [-0.2, -0.15) is 0 Å². The minimum absolute atomic E-state index is 0.162. The lowest BCUT2D eigenvalue weighted by molar-refractivity contribution is -0.385. The smallest absolute Gasteiger partial charge is 0.273 e. The summed E-state index contributed by atoms with van der Waals surface area (Å²) in [5, 5.41) is 10.9. The van der Waals surface area contributed by atoms with Crippen LogP contribution in [0.5, 0.6) is 0 Å². The number of sulfonamides is 1. The van der Waals surface area contributed by atoms with Crippen LogP contribution in [-0.4, -0.2) is 44.9 Å². The fourth-order valence-electron chi connectivity index (χ4n) is 2.75. The van der Waals surface area contributed by atoms with Gasteiger partial charge in [-0.25, -0.2) is 13.1 Å². The topological polar surface area (TPSA) is 92.6 Å². The number of nitrogens with zero attached hydrogens (tertiary/aromatic N) is 2. The van der Waals surface area contributed by atoms with Crippen molar-refractivity contribution in [1.29, 1.82) is 0 Å². The van der Waals surface area contributed by atoms with Gasteiger partial charge in [-0.1, -0.05) is 18.2 Å². The van der Waals surface area contributed by atoms with Gasteiger partial charge in [0.2, 0.25) is 10.0 Å². The van der Waals surface area contributed by atoms with Crippen LogP contribution in [0.15, 0.2) is 24.3 Å². The summed E-state index contributed by atoms with van der Waals surface area (Å²) in [6.45, 7) is 2.29. The number of hydrogen-bond donors (Lipinski definition) is 1. The maximum atomic E-state index is 12.2. The SMILES string of the molecule is CN1CCC[C@H](CNS(=O)(=O)Cc2ccccc2[N+](=O)[O-])C1. The van der Waals surface area contributed by atoms with Crippen LogP contribution in [-0.2, 0) is 15.8 Å². The van der Waals surface area contributed by atoms with Gasteiger partial charge >= 0.3 is 0 Å². The summed E-state index contributed by atoms with van der Waals surface area (Å²) in [4.78, 5) is 12.6. The van der Waals surface area contributed by atoms with Gasteiger partial charge in [0, 0.05) is 24.7 Å². The normalized spacial score (nSPS) is 20.0. The number of nitro benzene ring substituents is 1. The van der Waals surface area contributed by atoms with Gasteiger partial charge in [0.1, 0.15) is 0 Å². The Morgan fingerprint density at radius 3 is 2.82 bits per heavy atom. The molecule has 1 aliphatic heterocycles. The summed E-state index contributed by atoms with van der Waals surface area (Å²) >= 11 is 0. The molecule has 1 saturated heterocycles. The first-order valence-electron chi connectivity index (χ1n) is 7.25. The molecule has 1 atom stereocenters. The largest absolute Gasteiger partial charge is 0.306 e. The summed E-state index contributed by atoms with van der Waals surface area (Å²) < 4.78 is 26.9. The number of likely N-dealkylation sites (tertiary alicyclic amines) is 1. The van der Waals surface area contributed by atoms with Crippen molar-refractivity contribution in [2.75, 3.05) is 26.7 Å². The Balaban J connectivity index is 1.98. The van der Waals surface area contributed by atoms with Crippen molar-refractivity contribution >= 4 is 15.7 Å². The summed E-state index contributed by atoms with van der Waals surface area (Å²) in [7, 11) is -1.56. The molecule has 1 aliphatic rings. The quantitative estimate of drug-likeness (QED) is 0.629. The zero-order valence-electron chi connectivity index (χ0n) is 12.6. The molecule has 1 aromatic carbocycles. The van der Waals surface area contributed by atoms with Crippen molar-refractivity contribution in [2.45, 2.75) is 18.6 Å². The van der Waals surface area contributed by atoms with Gasteiger partial charge in [-0.05, 0) is 32.4 Å². The molecule has 0 aromatic heterocycles. The van der Waals surface area contributed by atoms with Crippen LogP contribution in [0, 0.1) is 16.0 Å². The standard InChI is InChI=1S/C14H21N3O4S/c1-16-8-4-5-12(10-16)9-15-22(20,21)11-13-6-2-3-7-14(13)17(18)19/h2-3,6-7,12,15H,4-5,8-11H2,1H3/t12-/m1/s1.